The van der Waals surface area contributed by atoms with Crippen molar-refractivity contribution in [2.75, 3.05) is 11.0 Å². The maximum Gasteiger partial charge on any atom is 0.377 e. The van der Waals surface area contributed by atoms with Gasteiger partial charge in [0.05, 0.1) is 16.3 Å². The van der Waals surface area contributed by atoms with Crippen molar-refractivity contribution in [3.05, 3.63) is 71.9 Å². The van der Waals surface area contributed by atoms with Crippen molar-refractivity contribution < 1.29 is 30.1 Å². The van der Waals surface area contributed by atoms with Gasteiger partial charge in [0.2, 0.25) is 0 Å². The number of hydrogen-bond donors (Lipinski definition) is 2. The Kier molecular flexibility index (Phi) is 6.98. The summed E-state index contributed by atoms with van der Waals surface area (Å²) in [4.78, 5) is 4.26. The van der Waals surface area contributed by atoms with E-state index < -0.39 is 36.2 Å². The molecule has 0 saturated carbocycles. The molecule has 198 valence electrons. The molecule has 1 aromatic heterocycles. The van der Waals surface area contributed by atoms with Gasteiger partial charge in [-0.1, -0.05) is 51.1 Å². The fourth-order valence-electron chi connectivity index (χ4n) is 3.27. The number of rotatable bonds is 7. The summed E-state index contributed by atoms with van der Waals surface area (Å²) in [6.45, 7) is 5.49. The van der Waals surface area contributed by atoms with E-state index in [9.17, 15) is 31.2 Å². The highest BCUT2D eigenvalue weighted by Crippen LogP contribution is 2.37. The summed E-state index contributed by atoms with van der Waals surface area (Å²) in [5, 5.41) is 5.56. The maximum absolute atomic E-state index is 13.6. The minimum Gasteiger partial charge on any atom is -0.356 e. The number of halogens is 2. The van der Waals surface area contributed by atoms with E-state index in [0.717, 1.165) is 0 Å². The van der Waals surface area contributed by atoms with Gasteiger partial charge in [-0.3, -0.25) is 9.27 Å². The lowest BCUT2D eigenvalue weighted by Crippen LogP contribution is -2.39. The second kappa shape index (κ2) is 9.16. The third kappa shape index (κ3) is 6.12. The molecule has 2 aromatic carbocycles. The first-order chi connectivity index (χ1) is 16.8. The lowest BCUT2D eigenvalue weighted by atomic mass is 9.88. The van der Waals surface area contributed by atoms with Crippen molar-refractivity contribution in [2.45, 2.75) is 43.3 Å². The molecule has 0 radical (unpaired) electrons. The minimum absolute atomic E-state index is 0.171. The molecule has 0 aliphatic rings. The molecule has 8 nitrogen and oxygen atoms in total. The van der Waals surface area contributed by atoms with Crippen molar-refractivity contribution in [1.82, 2.24) is 4.98 Å². The Morgan fingerprint density at radius 2 is 1.62 bits per heavy atom. The SMILES string of the molecule is CC(C)(C)c1cc(-c2ccc(NS(C)(=O)(O)c3ccccc3)cc2)c(C#N)c(OS(=O)(=O)C(C)(F)F)n1. The number of nitriles is 1. The third-order valence-electron chi connectivity index (χ3n) is 5.35. The molecule has 2 N–H and O–H groups in total. The molecule has 3 rings (SSSR count). The summed E-state index contributed by atoms with van der Waals surface area (Å²) < 4.78 is 82.8. The lowest BCUT2D eigenvalue weighted by Gasteiger charge is -2.40. The zero-order valence-corrected chi connectivity index (χ0v) is 22.5. The van der Waals surface area contributed by atoms with Crippen molar-refractivity contribution in [3.8, 4) is 23.1 Å². The summed E-state index contributed by atoms with van der Waals surface area (Å²) in [7, 11) is -9.87. The van der Waals surface area contributed by atoms with Gasteiger partial charge in [0, 0.05) is 24.2 Å². The van der Waals surface area contributed by atoms with Gasteiger partial charge in [0.25, 0.3) is 5.88 Å². The molecule has 0 spiro atoms. The summed E-state index contributed by atoms with van der Waals surface area (Å²) in [5.41, 5.74) is 0.171. The summed E-state index contributed by atoms with van der Waals surface area (Å²) >= 11 is 0. The van der Waals surface area contributed by atoms with Crippen LogP contribution < -0.4 is 8.91 Å². The average molecular weight is 552 g/mol. The summed E-state index contributed by atoms with van der Waals surface area (Å²) in [6.07, 6.45) is 1.18. The largest absolute Gasteiger partial charge is 0.377 e. The van der Waals surface area contributed by atoms with Gasteiger partial charge in [0.1, 0.15) is 11.6 Å². The van der Waals surface area contributed by atoms with Crippen LogP contribution in [0.1, 0.15) is 39.0 Å². The quantitative estimate of drug-likeness (QED) is 0.368. The number of hydrogen-bond acceptors (Lipinski definition) is 6. The van der Waals surface area contributed by atoms with E-state index in [1.54, 1.807) is 51.1 Å². The van der Waals surface area contributed by atoms with Crippen molar-refractivity contribution in [3.63, 3.8) is 0 Å². The smallest absolute Gasteiger partial charge is 0.356 e. The highest BCUT2D eigenvalue weighted by molar-refractivity contribution is 8.15. The molecule has 0 bridgehead atoms. The Labute approximate surface area is 214 Å². The Bertz CT molecular complexity index is 1530. The number of aromatic nitrogens is 1. The van der Waals surface area contributed by atoms with Gasteiger partial charge in [-0.05, 0) is 35.9 Å². The number of anilines is 1. The molecule has 0 saturated heterocycles. The van der Waals surface area contributed by atoms with E-state index in [4.69, 9.17) is 0 Å². The molecule has 12 heteroatoms. The molecule has 37 heavy (non-hydrogen) atoms. The van der Waals surface area contributed by atoms with Gasteiger partial charge in [-0.15, -0.1) is 9.53 Å². The van der Waals surface area contributed by atoms with Crippen LogP contribution in [0.3, 0.4) is 0 Å². The van der Waals surface area contributed by atoms with Crippen LogP contribution in [0, 0.1) is 11.3 Å². The van der Waals surface area contributed by atoms with Gasteiger partial charge >= 0.3 is 15.4 Å². The van der Waals surface area contributed by atoms with Crippen LogP contribution in [0.2, 0.25) is 0 Å². The molecule has 0 atom stereocenters. The molecule has 0 aliphatic carbocycles. The lowest BCUT2D eigenvalue weighted by molar-refractivity contribution is 0.103. The van der Waals surface area contributed by atoms with Crippen LogP contribution in [0.4, 0.5) is 14.5 Å². The number of pyridine rings is 1. The first-order valence-corrected chi connectivity index (χ1v) is 14.7. The number of nitrogens with one attached hydrogen (secondary N) is 1. The molecular formula is C25H27F2N3O5S2. The molecule has 0 unspecified atom stereocenters. The third-order valence-corrected chi connectivity index (χ3v) is 8.70. The van der Waals surface area contributed by atoms with Crippen LogP contribution in [-0.4, -0.2) is 33.7 Å². The van der Waals surface area contributed by atoms with Gasteiger partial charge in [-0.25, -0.2) is 4.98 Å². The Morgan fingerprint density at radius 3 is 2.11 bits per heavy atom. The molecule has 0 amide bonds. The van der Waals surface area contributed by atoms with E-state index in [-0.39, 0.29) is 22.9 Å². The van der Waals surface area contributed by atoms with Gasteiger partial charge in [0.15, 0.2) is 0 Å². The second-order valence-corrected chi connectivity index (χ2v) is 14.8. The Hall–Kier alpha value is -3.40. The van der Waals surface area contributed by atoms with Crippen LogP contribution in [-0.2, 0) is 25.1 Å². The highest BCUT2D eigenvalue weighted by Gasteiger charge is 2.43. The van der Waals surface area contributed by atoms with E-state index in [1.165, 1.54) is 42.7 Å². The average Bonchev–Trinajstić information content (AvgIpc) is 2.77. The molecule has 0 aliphatic heterocycles. The first kappa shape index (κ1) is 28.2. The second-order valence-electron chi connectivity index (χ2n) is 9.72. The van der Waals surface area contributed by atoms with Crippen LogP contribution in [0.5, 0.6) is 5.88 Å². The highest BCUT2D eigenvalue weighted by atomic mass is 32.3. The fourth-order valence-corrected chi connectivity index (χ4v) is 5.36. The molecular weight excluding hydrogens is 524 g/mol. The Balaban J connectivity index is 2.10. The summed E-state index contributed by atoms with van der Waals surface area (Å²) in [6, 6.07) is 17.5. The molecule has 0 fully saturated rings. The first-order valence-electron chi connectivity index (χ1n) is 10.9. The Morgan fingerprint density at radius 1 is 1.05 bits per heavy atom. The predicted molar refractivity (Wildman–Crippen MR) is 138 cm³/mol. The zero-order valence-electron chi connectivity index (χ0n) is 20.8. The van der Waals surface area contributed by atoms with Crippen molar-refractivity contribution in [2.24, 2.45) is 0 Å². The molecule has 3 aromatic rings. The van der Waals surface area contributed by atoms with Gasteiger partial charge < -0.3 is 4.18 Å². The fraction of sp³-hybridized carbons (Fsp3) is 0.280. The minimum atomic E-state index is -5.42. The van der Waals surface area contributed by atoms with E-state index >= 15 is 0 Å². The standard InChI is InChI=1S/C25H27F2N3O5S2/c1-24(2,3)22-15-20(21(16-28)23(29-22)35-36(31,32)25(4,26)27)17-11-13-18(14-12-17)30-37(5,33,34)19-9-7-6-8-10-19/h6-15H,1-5H3,(H2,30,33,34). The van der Waals surface area contributed by atoms with Crippen LogP contribution >= 0.6 is 0 Å². The predicted octanol–water partition coefficient (Wildman–Crippen LogP) is 5.55. The van der Waals surface area contributed by atoms with E-state index in [2.05, 4.69) is 13.9 Å². The van der Waals surface area contributed by atoms with Crippen LogP contribution in [0.25, 0.3) is 11.1 Å². The maximum atomic E-state index is 13.6. The topological polar surface area (TPSA) is 129 Å². The number of nitrogens with zero attached hydrogens (tertiary/aromatic N) is 2. The van der Waals surface area contributed by atoms with Crippen LogP contribution in [0.15, 0.2) is 65.6 Å². The number of benzene rings is 2. The normalized spacial score (nSPS) is 13.8. The van der Waals surface area contributed by atoms with Crippen molar-refractivity contribution >= 4 is 25.3 Å². The molecule has 1 heterocycles. The van der Waals surface area contributed by atoms with E-state index in [1.807, 2.05) is 0 Å². The van der Waals surface area contributed by atoms with E-state index in [0.29, 0.717) is 16.9 Å². The number of alkyl halides is 2. The van der Waals surface area contributed by atoms with Gasteiger partial charge in [-0.2, -0.15) is 26.7 Å². The monoisotopic (exact) mass is 551 g/mol. The van der Waals surface area contributed by atoms with Crippen molar-refractivity contribution in [1.29, 1.82) is 5.26 Å². The zero-order chi connectivity index (χ0) is 27.9. The summed E-state index contributed by atoms with van der Waals surface area (Å²) in [5.74, 6) is -0.759.